The lowest BCUT2D eigenvalue weighted by Gasteiger charge is -2.10. The average molecular weight is 195 g/mol. The molecular weight excluding hydrogens is 182 g/mol. The van der Waals surface area contributed by atoms with Crippen LogP contribution < -0.4 is 10.5 Å². The van der Waals surface area contributed by atoms with Crippen molar-refractivity contribution in [3.63, 3.8) is 0 Å². The van der Waals surface area contributed by atoms with E-state index in [0.717, 1.165) is 11.1 Å². The number of hydrogen-bond acceptors (Lipinski definition) is 3. The summed E-state index contributed by atoms with van der Waals surface area (Å²) >= 11 is 0. The zero-order valence-electron chi connectivity index (χ0n) is 8.20. The van der Waals surface area contributed by atoms with E-state index in [-0.39, 0.29) is 6.61 Å². The first-order chi connectivity index (χ1) is 6.50. The number of rotatable bonds is 3. The Morgan fingerprint density at radius 3 is 2.36 bits per heavy atom. The average Bonchev–Trinajstić information content (AvgIpc) is 2.01. The van der Waals surface area contributed by atoms with E-state index in [9.17, 15) is 4.79 Å². The number of aliphatic carboxylic acids is 1. The molecule has 0 radical (unpaired) electrons. The Balaban J connectivity index is 2.91. The molecule has 4 heteroatoms. The number of carbonyl (C=O) groups is 1. The van der Waals surface area contributed by atoms with Crippen LogP contribution in [0.15, 0.2) is 12.1 Å². The van der Waals surface area contributed by atoms with Crippen LogP contribution in [0.4, 0.5) is 5.69 Å². The van der Waals surface area contributed by atoms with Crippen molar-refractivity contribution in [3.05, 3.63) is 23.3 Å². The maximum atomic E-state index is 10.3. The Hall–Kier alpha value is -1.71. The van der Waals surface area contributed by atoms with E-state index in [1.165, 1.54) is 0 Å². The second-order valence-electron chi connectivity index (χ2n) is 3.17. The third-order valence-electron chi connectivity index (χ3n) is 1.82. The van der Waals surface area contributed by atoms with Gasteiger partial charge in [-0.25, -0.2) is 4.79 Å². The van der Waals surface area contributed by atoms with Gasteiger partial charge >= 0.3 is 5.97 Å². The summed E-state index contributed by atoms with van der Waals surface area (Å²) in [5.74, 6) is -0.387. The highest BCUT2D eigenvalue weighted by molar-refractivity contribution is 5.68. The topological polar surface area (TPSA) is 72.5 Å². The van der Waals surface area contributed by atoms with Crippen LogP contribution in [0.2, 0.25) is 0 Å². The van der Waals surface area contributed by atoms with Crippen LogP contribution >= 0.6 is 0 Å². The van der Waals surface area contributed by atoms with E-state index in [0.29, 0.717) is 11.4 Å². The van der Waals surface area contributed by atoms with Crippen LogP contribution in [0.5, 0.6) is 5.75 Å². The van der Waals surface area contributed by atoms with Gasteiger partial charge in [0.2, 0.25) is 0 Å². The summed E-state index contributed by atoms with van der Waals surface area (Å²) < 4.78 is 5.13. The minimum absolute atomic E-state index is 0.328. The third-order valence-corrected chi connectivity index (χ3v) is 1.82. The highest BCUT2D eigenvalue weighted by Gasteiger charge is 2.06. The molecule has 0 atom stereocenters. The Morgan fingerprint density at radius 2 is 1.93 bits per heavy atom. The van der Waals surface area contributed by atoms with E-state index in [4.69, 9.17) is 15.6 Å². The van der Waals surface area contributed by atoms with E-state index in [1.54, 1.807) is 12.1 Å². The van der Waals surface area contributed by atoms with Crippen molar-refractivity contribution in [3.8, 4) is 5.75 Å². The predicted octanol–water partition coefficient (Wildman–Crippen LogP) is 1.35. The molecule has 0 aliphatic carbocycles. The zero-order valence-corrected chi connectivity index (χ0v) is 8.20. The number of carboxylic acid groups (broad SMARTS) is 1. The number of benzene rings is 1. The van der Waals surface area contributed by atoms with Crippen molar-refractivity contribution in [2.75, 3.05) is 12.3 Å². The fraction of sp³-hybridized carbons (Fsp3) is 0.300. The minimum Gasteiger partial charge on any atom is -0.481 e. The molecule has 0 spiro atoms. The molecule has 14 heavy (non-hydrogen) atoms. The van der Waals surface area contributed by atoms with Gasteiger partial charge in [-0.05, 0) is 37.1 Å². The van der Waals surface area contributed by atoms with Gasteiger partial charge in [-0.1, -0.05) is 0 Å². The number of nitrogens with two attached hydrogens (primary N) is 1. The highest BCUT2D eigenvalue weighted by atomic mass is 16.5. The molecule has 0 fully saturated rings. The molecule has 0 saturated carbocycles. The van der Waals surface area contributed by atoms with E-state index < -0.39 is 5.97 Å². The summed E-state index contributed by atoms with van der Waals surface area (Å²) in [4.78, 5) is 10.3. The van der Waals surface area contributed by atoms with Crippen LogP contribution in [-0.2, 0) is 4.79 Å². The van der Waals surface area contributed by atoms with Crippen molar-refractivity contribution >= 4 is 11.7 Å². The van der Waals surface area contributed by atoms with Gasteiger partial charge in [-0.15, -0.1) is 0 Å². The Bertz CT molecular complexity index is 337. The van der Waals surface area contributed by atoms with E-state index in [2.05, 4.69) is 0 Å². The van der Waals surface area contributed by atoms with Crippen LogP contribution in [0.3, 0.4) is 0 Å². The van der Waals surface area contributed by atoms with Gasteiger partial charge < -0.3 is 15.6 Å². The van der Waals surface area contributed by atoms with Crippen LogP contribution in [-0.4, -0.2) is 17.7 Å². The minimum atomic E-state index is -0.986. The Kier molecular flexibility index (Phi) is 2.96. The Morgan fingerprint density at radius 1 is 1.43 bits per heavy atom. The number of carboxylic acids is 1. The molecule has 0 aromatic heterocycles. The lowest BCUT2D eigenvalue weighted by atomic mass is 10.1. The maximum Gasteiger partial charge on any atom is 0.341 e. The first-order valence-electron chi connectivity index (χ1n) is 4.22. The second-order valence-corrected chi connectivity index (χ2v) is 3.17. The normalized spacial score (nSPS) is 9.86. The third kappa shape index (κ3) is 2.39. The number of anilines is 1. The van der Waals surface area contributed by atoms with Crippen molar-refractivity contribution in [1.29, 1.82) is 0 Å². The van der Waals surface area contributed by atoms with Gasteiger partial charge in [0.05, 0.1) is 0 Å². The molecule has 0 bridgehead atoms. The molecule has 1 rings (SSSR count). The second kappa shape index (κ2) is 4.00. The maximum absolute atomic E-state index is 10.3. The summed E-state index contributed by atoms with van der Waals surface area (Å²) in [6.07, 6.45) is 0. The van der Waals surface area contributed by atoms with Gasteiger partial charge in [-0.2, -0.15) is 0 Å². The van der Waals surface area contributed by atoms with Gasteiger partial charge in [0, 0.05) is 5.69 Å². The lowest BCUT2D eigenvalue weighted by molar-refractivity contribution is -0.139. The summed E-state index contributed by atoms with van der Waals surface area (Å²) in [6.45, 7) is 3.34. The summed E-state index contributed by atoms with van der Waals surface area (Å²) in [6, 6.07) is 3.51. The lowest BCUT2D eigenvalue weighted by Crippen LogP contribution is -2.11. The molecule has 1 aromatic rings. The summed E-state index contributed by atoms with van der Waals surface area (Å²) in [5.41, 5.74) is 7.97. The fourth-order valence-electron chi connectivity index (χ4n) is 1.35. The predicted molar refractivity (Wildman–Crippen MR) is 53.5 cm³/mol. The molecular formula is C10H13NO3. The first-order valence-corrected chi connectivity index (χ1v) is 4.22. The molecule has 0 aliphatic heterocycles. The van der Waals surface area contributed by atoms with E-state index >= 15 is 0 Å². The smallest absolute Gasteiger partial charge is 0.341 e. The number of nitrogen functional groups attached to an aromatic ring is 1. The molecule has 0 amide bonds. The Labute approximate surface area is 82.3 Å². The van der Waals surface area contributed by atoms with Crippen LogP contribution in [0.1, 0.15) is 11.1 Å². The summed E-state index contributed by atoms with van der Waals surface area (Å²) in [7, 11) is 0. The number of aryl methyl sites for hydroxylation is 2. The van der Waals surface area contributed by atoms with Gasteiger partial charge in [-0.3, -0.25) is 0 Å². The molecule has 76 valence electrons. The first kappa shape index (κ1) is 10.4. The van der Waals surface area contributed by atoms with Gasteiger partial charge in [0.1, 0.15) is 5.75 Å². The standard InChI is InChI=1S/C10H13NO3/c1-6-3-8(11)4-7(2)10(6)14-5-9(12)13/h3-4H,5,11H2,1-2H3,(H,12,13). The van der Waals surface area contributed by atoms with Crippen molar-refractivity contribution < 1.29 is 14.6 Å². The molecule has 0 aliphatic rings. The summed E-state index contributed by atoms with van der Waals surface area (Å²) in [5, 5.41) is 8.46. The zero-order chi connectivity index (χ0) is 10.7. The van der Waals surface area contributed by atoms with Crippen LogP contribution in [0.25, 0.3) is 0 Å². The molecule has 0 unspecified atom stereocenters. The number of hydrogen-bond donors (Lipinski definition) is 2. The molecule has 1 aromatic carbocycles. The molecule has 4 nitrogen and oxygen atoms in total. The van der Waals surface area contributed by atoms with Crippen LogP contribution in [0, 0.1) is 13.8 Å². The fourth-order valence-corrected chi connectivity index (χ4v) is 1.35. The quantitative estimate of drug-likeness (QED) is 0.714. The molecule has 3 N–H and O–H groups in total. The van der Waals surface area contributed by atoms with Crippen molar-refractivity contribution in [2.45, 2.75) is 13.8 Å². The molecule has 0 saturated heterocycles. The SMILES string of the molecule is Cc1cc(N)cc(C)c1OCC(=O)O. The largest absolute Gasteiger partial charge is 0.481 e. The van der Waals surface area contributed by atoms with E-state index in [1.807, 2.05) is 13.8 Å². The highest BCUT2D eigenvalue weighted by Crippen LogP contribution is 2.25. The van der Waals surface area contributed by atoms with Gasteiger partial charge in [0.15, 0.2) is 6.61 Å². The van der Waals surface area contributed by atoms with Crippen molar-refractivity contribution in [2.24, 2.45) is 0 Å². The number of ether oxygens (including phenoxy) is 1. The monoisotopic (exact) mass is 195 g/mol. The van der Waals surface area contributed by atoms with Gasteiger partial charge in [0.25, 0.3) is 0 Å². The molecule has 0 heterocycles. The van der Waals surface area contributed by atoms with Crippen molar-refractivity contribution in [1.82, 2.24) is 0 Å².